The fraction of sp³-hybridized carbons (Fsp3) is 0.385. The first-order chi connectivity index (χ1) is 8.25. The minimum absolute atomic E-state index is 0.210. The summed E-state index contributed by atoms with van der Waals surface area (Å²) in [5.74, 6) is 1.92. The molecule has 4 rings (SSSR count). The molecule has 0 atom stereocenters. The number of nitrogens with zero attached hydrogens (tertiary/aromatic N) is 2. The molecule has 1 aliphatic heterocycles. The average Bonchev–Trinajstić information content (AvgIpc) is 3.08. The van der Waals surface area contributed by atoms with Crippen molar-refractivity contribution in [3.63, 3.8) is 0 Å². The van der Waals surface area contributed by atoms with Crippen LogP contribution >= 0.6 is 11.6 Å². The Labute approximate surface area is 103 Å². The number of rotatable bonds is 1. The van der Waals surface area contributed by atoms with E-state index in [0.717, 1.165) is 29.0 Å². The van der Waals surface area contributed by atoms with Crippen molar-refractivity contribution in [3.8, 4) is 0 Å². The second kappa shape index (κ2) is 3.10. The van der Waals surface area contributed by atoms with E-state index < -0.39 is 0 Å². The number of ketones is 1. The summed E-state index contributed by atoms with van der Waals surface area (Å²) >= 11 is 6.18. The Morgan fingerprint density at radius 2 is 2.18 bits per heavy atom. The predicted octanol–water partition coefficient (Wildman–Crippen LogP) is 3.15. The molecule has 0 radical (unpaired) electrons. The molecule has 17 heavy (non-hydrogen) atoms. The highest BCUT2D eigenvalue weighted by Crippen LogP contribution is 2.43. The molecular formula is C13H11ClN2O. The first-order valence-corrected chi connectivity index (χ1v) is 6.35. The molecule has 4 heteroatoms. The summed E-state index contributed by atoms with van der Waals surface area (Å²) in [7, 11) is 0. The molecule has 1 aromatic heterocycles. The number of aryl methyl sites for hydroxylation is 1. The highest BCUT2D eigenvalue weighted by Gasteiger charge is 2.32. The summed E-state index contributed by atoms with van der Waals surface area (Å²) in [5, 5.41) is 0.652. The molecule has 0 bridgehead atoms. The summed E-state index contributed by atoms with van der Waals surface area (Å²) in [4.78, 5) is 16.6. The van der Waals surface area contributed by atoms with Crippen LogP contribution in [-0.4, -0.2) is 15.3 Å². The first-order valence-electron chi connectivity index (χ1n) is 5.97. The summed E-state index contributed by atoms with van der Waals surface area (Å²) in [6.07, 6.45) is 3.01. The minimum Gasteiger partial charge on any atom is -0.327 e. The van der Waals surface area contributed by atoms with Crippen LogP contribution in [0, 0.1) is 0 Å². The van der Waals surface area contributed by atoms with Gasteiger partial charge >= 0.3 is 0 Å². The highest BCUT2D eigenvalue weighted by atomic mass is 35.5. The van der Waals surface area contributed by atoms with E-state index in [1.165, 1.54) is 12.8 Å². The van der Waals surface area contributed by atoms with Gasteiger partial charge in [0.1, 0.15) is 11.3 Å². The van der Waals surface area contributed by atoms with Crippen molar-refractivity contribution in [3.05, 3.63) is 28.5 Å². The Balaban J connectivity index is 2.14. The molecule has 0 unspecified atom stereocenters. The number of aromatic nitrogens is 2. The number of carbonyl (C=O) groups is 1. The zero-order chi connectivity index (χ0) is 11.6. The molecule has 0 saturated heterocycles. The zero-order valence-electron chi connectivity index (χ0n) is 9.24. The van der Waals surface area contributed by atoms with Crippen molar-refractivity contribution in [2.75, 3.05) is 0 Å². The lowest BCUT2D eigenvalue weighted by Gasteiger charge is -2.15. The van der Waals surface area contributed by atoms with Crippen LogP contribution in [0.4, 0.5) is 0 Å². The van der Waals surface area contributed by atoms with Crippen LogP contribution in [0.1, 0.15) is 41.4 Å². The van der Waals surface area contributed by atoms with Gasteiger partial charge in [0.05, 0.1) is 10.5 Å². The molecule has 1 aromatic carbocycles. The van der Waals surface area contributed by atoms with E-state index in [1.807, 2.05) is 6.07 Å². The lowest BCUT2D eigenvalue weighted by atomic mass is 10.0. The summed E-state index contributed by atoms with van der Waals surface area (Å²) in [6, 6.07) is 3.62. The zero-order valence-corrected chi connectivity index (χ0v) is 10.00. The van der Waals surface area contributed by atoms with Gasteiger partial charge in [0.25, 0.3) is 0 Å². The van der Waals surface area contributed by atoms with Crippen molar-refractivity contribution < 1.29 is 4.79 Å². The Morgan fingerprint density at radius 3 is 2.94 bits per heavy atom. The highest BCUT2D eigenvalue weighted by molar-refractivity contribution is 6.35. The number of hydrogen-bond donors (Lipinski definition) is 0. The Morgan fingerprint density at radius 1 is 1.35 bits per heavy atom. The minimum atomic E-state index is 0.210. The third kappa shape index (κ3) is 1.23. The van der Waals surface area contributed by atoms with Gasteiger partial charge < -0.3 is 4.57 Å². The lowest BCUT2D eigenvalue weighted by molar-refractivity contribution is 0.0973. The molecule has 86 valence electrons. The van der Waals surface area contributed by atoms with Gasteiger partial charge in [-0.1, -0.05) is 11.6 Å². The predicted molar refractivity (Wildman–Crippen MR) is 65.7 cm³/mol. The van der Waals surface area contributed by atoms with Crippen LogP contribution in [-0.2, 0) is 6.54 Å². The smallest absolute Gasteiger partial charge is 0.166 e. The number of benzene rings is 1. The van der Waals surface area contributed by atoms with Gasteiger partial charge in [0.2, 0.25) is 0 Å². The summed E-state index contributed by atoms with van der Waals surface area (Å²) in [6.45, 7) is 0.758. The molecule has 1 saturated carbocycles. The van der Waals surface area contributed by atoms with Crippen molar-refractivity contribution in [2.24, 2.45) is 0 Å². The van der Waals surface area contributed by atoms with Crippen molar-refractivity contribution in [2.45, 2.75) is 31.7 Å². The van der Waals surface area contributed by atoms with Crippen molar-refractivity contribution in [1.29, 1.82) is 0 Å². The fourth-order valence-electron chi connectivity index (χ4n) is 2.68. The van der Waals surface area contributed by atoms with Crippen LogP contribution in [0.5, 0.6) is 0 Å². The normalized spacial score (nSPS) is 19.0. The monoisotopic (exact) mass is 246 g/mol. The molecule has 1 fully saturated rings. The van der Waals surface area contributed by atoms with Gasteiger partial charge in [-0.2, -0.15) is 0 Å². The van der Waals surface area contributed by atoms with E-state index in [0.29, 0.717) is 17.4 Å². The molecule has 1 aliphatic carbocycles. The van der Waals surface area contributed by atoms with E-state index in [1.54, 1.807) is 6.07 Å². The Hall–Kier alpha value is -1.35. The van der Waals surface area contributed by atoms with E-state index in [2.05, 4.69) is 9.55 Å². The third-order valence-electron chi connectivity index (χ3n) is 3.68. The SMILES string of the molecule is O=C1CCn2c(C3CC3)nc3c(Cl)ccc1c32. The van der Waals surface area contributed by atoms with E-state index >= 15 is 0 Å². The Kier molecular flexibility index (Phi) is 1.76. The third-order valence-corrected chi connectivity index (χ3v) is 3.99. The molecule has 2 heterocycles. The maximum Gasteiger partial charge on any atom is 0.166 e. The van der Waals surface area contributed by atoms with Crippen LogP contribution < -0.4 is 0 Å². The molecule has 2 aromatic rings. The summed E-state index contributed by atoms with van der Waals surface area (Å²) in [5.41, 5.74) is 2.55. The molecule has 3 nitrogen and oxygen atoms in total. The molecule has 0 amide bonds. The maximum atomic E-state index is 11.9. The largest absolute Gasteiger partial charge is 0.327 e. The van der Waals surface area contributed by atoms with Crippen LogP contribution in [0.2, 0.25) is 5.02 Å². The number of Topliss-reactive ketones (excluding diaryl/α,β-unsaturated/α-hetero) is 1. The van der Waals surface area contributed by atoms with Crippen molar-refractivity contribution >= 4 is 28.4 Å². The van der Waals surface area contributed by atoms with E-state index in [9.17, 15) is 4.79 Å². The first kappa shape index (κ1) is 9.66. The number of imidazole rings is 1. The molecule has 2 aliphatic rings. The number of hydrogen-bond acceptors (Lipinski definition) is 2. The molecule has 0 N–H and O–H groups in total. The number of halogens is 1. The van der Waals surface area contributed by atoms with Gasteiger partial charge in [0, 0.05) is 24.4 Å². The molecular weight excluding hydrogens is 236 g/mol. The Bertz CT molecular complexity index is 655. The lowest BCUT2D eigenvalue weighted by Crippen LogP contribution is -2.15. The van der Waals surface area contributed by atoms with Crippen LogP contribution in [0.3, 0.4) is 0 Å². The van der Waals surface area contributed by atoms with Gasteiger partial charge in [-0.05, 0) is 25.0 Å². The maximum absolute atomic E-state index is 11.9. The van der Waals surface area contributed by atoms with E-state index in [-0.39, 0.29) is 5.78 Å². The fourth-order valence-corrected chi connectivity index (χ4v) is 2.87. The van der Waals surface area contributed by atoms with Crippen molar-refractivity contribution in [1.82, 2.24) is 9.55 Å². The average molecular weight is 247 g/mol. The number of carbonyl (C=O) groups excluding carboxylic acids is 1. The standard InChI is InChI=1S/C13H11ClN2O/c14-9-4-3-8-10(17)5-6-16-12(8)11(9)15-13(16)7-1-2-7/h3-4,7H,1-2,5-6H2. The quantitative estimate of drug-likeness (QED) is 0.775. The van der Waals surface area contributed by atoms with Gasteiger partial charge in [-0.15, -0.1) is 0 Å². The van der Waals surface area contributed by atoms with Crippen LogP contribution in [0.15, 0.2) is 12.1 Å². The van der Waals surface area contributed by atoms with Gasteiger partial charge in [0.15, 0.2) is 5.78 Å². The van der Waals surface area contributed by atoms with Gasteiger partial charge in [-0.3, -0.25) is 4.79 Å². The second-order valence-electron chi connectivity index (χ2n) is 4.86. The summed E-state index contributed by atoms with van der Waals surface area (Å²) < 4.78 is 2.20. The molecule has 0 spiro atoms. The van der Waals surface area contributed by atoms with E-state index in [4.69, 9.17) is 11.6 Å². The topological polar surface area (TPSA) is 34.9 Å². The van der Waals surface area contributed by atoms with Gasteiger partial charge in [-0.25, -0.2) is 4.98 Å². The second-order valence-corrected chi connectivity index (χ2v) is 5.27. The van der Waals surface area contributed by atoms with Crippen LogP contribution in [0.25, 0.3) is 11.0 Å².